The summed E-state index contributed by atoms with van der Waals surface area (Å²) in [6.07, 6.45) is 8.73. The van der Waals surface area contributed by atoms with Crippen LogP contribution in [0.5, 0.6) is 0 Å². The molecule has 92 valence electrons. The van der Waals surface area contributed by atoms with Crippen molar-refractivity contribution in [1.82, 2.24) is 10.2 Å². The van der Waals surface area contributed by atoms with Gasteiger partial charge in [-0.2, -0.15) is 0 Å². The van der Waals surface area contributed by atoms with Crippen LogP contribution in [0.3, 0.4) is 0 Å². The molecule has 1 saturated heterocycles. The summed E-state index contributed by atoms with van der Waals surface area (Å²) in [7, 11) is 0. The van der Waals surface area contributed by atoms with Crippen molar-refractivity contribution in [2.75, 3.05) is 26.2 Å². The number of nitrogens with zero attached hydrogens (tertiary/aromatic N) is 1. The Morgan fingerprint density at radius 1 is 1.44 bits per heavy atom. The van der Waals surface area contributed by atoms with Gasteiger partial charge < -0.3 is 10.2 Å². The smallest absolute Gasteiger partial charge is 0.0214 e. The van der Waals surface area contributed by atoms with Crippen LogP contribution in [-0.4, -0.2) is 37.1 Å². The molecule has 1 atom stereocenters. The number of nitrogens with one attached hydrogen (secondary N) is 1. The Hall–Kier alpha value is -0.520. The molecule has 0 radical (unpaired) electrons. The molecule has 0 bridgehead atoms. The predicted molar refractivity (Wildman–Crippen MR) is 70.4 cm³/mol. The van der Waals surface area contributed by atoms with Crippen LogP contribution >= 0.6 is 0 Å². The van der Waals surface area contributed by atoms with Crippen molar-refractivity contribution in [3.8, 4) is 12.3 Å². The molecular weight excluding hydrogens is 196 g/mol. The molecule has 1 aliphatic heterocycles. The summed E-state index contributed by atoms with van der Waals surface area (Å²) >= 11 is 0. The summed E-state index contributed by atoms with van der Waals surface area (Å²) in [6, 6.07) is 0.704. The summed E-state index contributed by atoms with van der Waals surface area (Å²) < 4.78 is 0. The average Bonchev–Trinajstić information content (AvgIpc) is 2.59. The van der Waals surface area contributed by atoms with Crippen LogP contribution in [0.1, 0.15) is 40.0 Å². The zero-order valence-electron chi connectivity index (χ0n) is 11.1. The first-order chi connectivity index (χ1) is 7.57. The quantitative estimate of drug-likeness (QED) is 0.693. The number of hydrogen-bond acceptors (Lipinski definition) is 2. The van der Waals surface area contributed by atoms with E-state index in [1.807, 2.05) is 0 Å². The van der Waals surface area contributed by atoms with Crippen molar-refractivity contribution in [2.24, 2.45) is 5.41 Å². The topological polar surface area (TPSA) is 15.3 Å². The molecule has 1 N–H and O–H groups in total. The molecule has 0 saturated carbocycles. The summed E-state index contributed by atoms with van der Waals surface area (Å²) in [6.45, 7) is 11.4. The third-order valence-corrected chi connectivity index (χ3v) is 3.48. The molecule has 2 nitrogen and oxygen atoms in total. The molecule has 1 unspecified atom stereocenters. The van der Waals surface area contributed by atoms with Gasteiger partial charge in [-0.3, -0.25) is 0 Å². The fourth-order valence-corrected chi connectivity index (χ4v) is 2.43. The van der Waals surface area contributed by atoms with Crippen LogP contribution < -0.4 is 5.32 Å². The van der Waals surface area contributed by atoms with Gasteiger partial charge in [-0.25, -0.2) is 0 Å². The monoisotopic (exact) mass is 222 g/mol. The lowest BCUT2D eigenvalue weighted by Gasteiger charge is -2.22. The highest BCUT2D eigenvalue weighted by molar-refractivity contribution is 4.88. The first-order valence-corrected chi connectivity index (χ1v) is 6.46. The van der Waals surface area contributed by atoms with E-state index in [2.05, 4.69) is 36.9 Å². The Bertz CT molecular complexity index is 240. The van der Waals surface area contributed by atoms with Crippen LogP contribution in [-0.2, 0) is 0 Å². The minimum atomic E-state index is 0.487. The molecule has 2 heteroatoms. The average molecular weight is 222 g/mol. The predicted octanol–water partition coefficient (Wildman–Crippen LogP) is 2.11. The Labute approximate surface area is 101 Å². The molecule has 0 aromatic rings. The van der Waals surface area contributed by atoms with Crippen molar-refractivity contribution in [2.45, 2.75) is 46.1 Å². The van der Waals surface area contributed by atoms with E-state index in [9.17, 15) is 0 Å². The van der Waals surface area contributed by atoms with Gasteiger partial charge in [-0.1, -0.05) is 20.8 Å². The Morgan fingerprint density at radius 3 is 2.69 bits per heavy atom. The van der Waals surface area contributed by atoms with Crippen molar-refractivity contribution < 1.29 is 0 Å². The summed E-state index contributed by atoms with van der Waals surface area (Å²) in [5.74, 6) is 2.72. The first-order valence-electron chi connectivity index (χ1n) is 6.46. The molecule has 0 amide bonds. The molecule has 16 heavy (non-hydrogen) atoms. The zero-order valence-corrected chi connectivity index (χ0v) is 11.1. The number of hydrogen-bond donors (Lipinski definition) is 1. The van der Waals surface area contributed by atoms with Crippen LogP contribution in [0, 0.1) is 17.8 Å². The van der Waals surface area contributed by atoms with Gasteiger partial charge in [0.05, 0.1) is 0 Å². The van der Waals surface area contributed by atoms with E-state index in [1.165, 1.54) is 19.4 Å². The normalized spacial score (nSPS) is 23.6. The van der Waals surface area contributed by atoms with E-state index in [-0.39, 0.29) is 0 Å². The zero-order chi connectivity index (χ0) is 12.0. The van der Waals surface area contributed by atoms with Crippen molar-refractivity contribution in [1.29, 1.82) is 0 Å². The molecule has 0 aromatic heterocycles. The van der Waals surface area contributed by atoms with E-state index in [4.69, 9.17) is 6.42 Å². The van der Waals surface area contributed by atoms with E-state index < -0.39 is 0 Å². The molecule has 1 fully saturated rings. The summed E-state index contributed by atoms with van der Waals surface area (Å²) in [5, 5.41) is 3.62. The summed E-state index contributed by atoms with van der Waals surface area (Å²) in [5.41, 5.74) is 0.487. The molecule has 0 aromatic carbocycles. The SMILES string of the molecule is C#CCCN(CC)CCC1CC(C)(C)CN1. The second-order valence-electron chi connectivity index (χ2n) is 5.62. The molecule has 1 aliphatic rings. The lowest BCUT2D eigenvalue weighted by Crippen LogP contribution is -2.31. The maximum absolute atomic E-state index is 5.30. The van der Waals surface area contributed by atoms with Gasteiger partial charge in [0.1, 0.15) is 0 Å². The Balaban J connectivity index is 2.21. The highest BCUT2D eigenvalue weighted by Gasteiger charge is 2.30. The van der Waals surface area contributed by atoms with Gasteiger partial charge in [-0.15, -0.1) is 12.3 Å². The van der Waals surface area contributed by atoms with Gasteiger partial charge in [0.15, 0.2) is 0 Å². The van der Waals surface area contributed by atoms with Crippen LogP contribution in [0.25, 0.3) is 0 Å². The lowest BCUT2D eigenvalue weighted by molar-refractivity contribution is 0.275. The van der Waals surface area contributed by atoms with Crippen LogP contribution in [0.15, 0.2) is 0 Å². The number of terminal acetylenes is 1. The fourth-order valence-electron chi connectivity index (χ4n) is 2.43. The third-order valence-electron chi connectivity index (χ3n) is 3.48. The van der Waals surface area contributed by atoms with E-state index in [0.29, 0.717) is 11.5 Å². The first kappa shape index (κ1) is 13.5. The second kappa shape index (κ2) is 6.27. The maximum atomic E-state index is 5.30. The van der Waals surface area contributed by atoms with Crippen molar-refractivity contribution in [3.05, 3.63) is 0 Å². The standard InChI is InChI=1S/C14H26N2/c1-5-7-9-16(6-2)10-8-13-11-14(3,4)12-15-13/h1,13,15H,6-12H2,2-4H3. The second-order valence-corrected chi connectivity index (χ2v) is 5.62. The van der Waals surface area contributed by atoms with Gasteiger partial charge >= 0.3 is 0 Å². The lowest BCUT2D eigenvalue weighted by atomic mass is 9.90. The largest absolute Gasteiger partial charge is 0.313 e. The highest BCUT2D eigenvalue weighted by atomic mass is 15.1. The van der Waals surface area contributed by atoms with Gasteiger partial charge in [0, 0.05) is 25.6 Å². The third kappa shape index (κ3) is 4.55. The molecule has 1 rings (SSSR count). The number of rotatable bonds is 6. The molecule has 0 spiro atoms. The van der Waals surface area contributed by atoms with Crippen molar-refractivity contribution >= 4 is 0 Å². The van der Waals surface area contributed by atoms with Gasteiger partial charge in [-0.05, 0) is 31.3 Å². The van der Waals surface area contributed by atoms with Crippen LogP contribution in [0.2, 0.25) is 0 Å². The maximum Gasteiger partial charge on any atom is 0.0214 e. The van der Waals surface area contributed by atoms with E-state index >= 15 is 0 Å². The molecule has 0 aliphatic carbocycles. The van der Waals surface area contributed by atoms with E-state index in [0.717, 1.165) is 26.1 Å². The minimum Gasteiger partial charge on any atom is -0.313 e. The molecular formula is C14H26N2. The van der Waals surface area contributed by atoms with Crippen molar-refractivity contribution in [3.63, 3.8) is 0 Å². The fraction of sp³-hybridized carbons (Fsp3) is 0.857. The van der Waals surface area contributed by atoms with Gasteiger partial charge in [0.25, 0.3) is 0 Å². The highest BCUT2D eigenvalue weighted by Crippen LogP contribution is 2.28. The molecule has 1 heterocycles. The van der Waals surface area contributed by atoms with E-state index in [1.54, 1.807) is 0 Å². The Morgan fingerprint density at radius 2 is 2.19 bits per heavy atom. The van der Waals surface area contributed by atoms with Crippen LogP contribution in [0.4, 0.5) is 0 Å². The summed E-state index contributed by atoms with van der Waals surface area (Å²) in [4.78, 5) is 2.45. The Kier molecular flexibility index (Phi) is 5.31. The van der Waals surface area contributed by atoms with Gasteiger partial charge in [0.2, 0.25) is 0 Å². The minimum absolute atomic E-state index is 0.487.